The predicted molar refractivity (Wildman–Crippen MR) is 129 cm³/mol. The molecular formula is C29H24O5. The summed E-state index contributed by atoms with van der Waals surface area (Å²) in [5.41, 5.74) is 2.44. The number of para-hydroxylation sites is 1. The van der Waals surface area contributed by atoms with E-state index in [0.717, 1.165) is 11.1 Å². The second-order valence-electron chi connectivity index (χ2n) is 7.75. The first-order valence-corrected chi connectivity index (χ1v) is 10.9. The number of carbonyl (C=O) groups excluding carboxylic acids is 2. The lowest BCUT2D eigenvalue weighted by Crippen LogP contribution is -2.09. The second-order valence-corrected chi connectivity index (χ2v) is 7.75. The van der Waals surface area contributed by atoms with E-state index in [-0.39, 0.29) is 23.5 Å². The van der Waals surface area contributed by atoms with Gasteiger partial charge in [-0.25, -0.2) is 0 Å². The number of rotatable bonds is 10. The van der Waals surface area contributed by atoms with Crippen LogP contribution in [-0.2, 0) is 13.2 Å². The van der Waals surface area contributed by atoms with Crippen LogP contribution in [0, 0.1) is 0 Å². The predicted octanol–water partition coefficient (Wildman–Crippen LogP) is 6.01. The van der Waals surface area contributed by atoms with E-state index < -0.39 is 5.78 Å². The lowest BCUT2D eigenvalue weighted by atomic mass is 10.0. The Balaban J connectivity index is 1.53. The molecule has 5 nitrogen and oxygen atoms in total. The van der Waals surface area contributed by atoms with Crippen molar-refractivity contribution < 1.29 is 24.2 Å². The minimum atomic E-state index is -0.445. The smallest absolute Gasteiger partial charge is 0.174 e. The molecule has 0 atom stereocenters. The Kier molecular flexibility index (Phi) is 7.35. The van der Waals surface area contributed by atoms with Crippen molar-refractivity contribution in [3.8, 4) is 17.2 Å². The summed E-state index contributed by atoms with van der Waals surface area (Å²) >= 11 is 0. The number of carbonyl (C=O) groups is 2. The van der Waals surface area contributed by atoms with Crippen LogP contribution in [0.4, 0.5) is 0 Å². The standard InChI is InChI=1S/C29H24O5/c30-25-14-8-7-13-24(25)27(32)18-26(31)23-15-16-28(33-19-21-9-3-1-4-10-21)29(17-23)34-20-22-11-5-2-6-12-22/h1-17,30H,18-20H2. The summed E-state index contributed by atoms with van der Waals surface area (Å²) in [6.45, 7) is 0.651. The molecule has 4 aromatic carbocycles. The zero-order valence-electron chi connectivity index (χ0n) is 18.5. The van der Waals surface area contributed by atoms with Crippen molar-refractivity contribution in [1.82, 2.24) is 0 Å². The van der Waals surface area contributed by atoms with E-state index in [1.165, 1.54) is 12.1 Å². The summed E-state index contributed by atoms with van der Waals surface area (Å²) in [6, 6.07) is 30.5. The van der Waals surface area contributed by atoms with Crippen LogP contribution in [0.25, 0.3) is 0 Å². The lowest BCUT2D eigenvalue weighted by Gasteiger charge is -2.14. The third-order valence-corrected chi connectivity index (χ3v) is 5.27. The number of Topliss-reactive ketones (excluding diaryl/α,β-unsaturated/α-hetero) is 2. The van der Waals surface area contributed by atoms with Gasteiger partial charge in [-0.15, -0.1) is 0 Å². The quantitative estimate of drug-likeness (QED) is 0.236. The molecule has 0 aliphatic rings. The van der Waals surface area contributed by atoms with Gasteiger partial charge in [0.15, 0.2) is 23.1 Å². The van der Waals surface area contributed by atoms with Gasteiger partial charge in [0, 0.05) is 5.56 Å². The number of phenolic OH excluding ortho intramolecular Hbond substituents is 1. The number of phenols is 1. The fraction of sp³-hybridized carbons (Fsp3) is 0.103. The van der Waals surface area contributed by atoms with Crippen LogP contribution in [0.5, 0.6) is 17.2 Å². The van der Waals surface area contributed by atoms with E-state index in [1.807, 2.05) is 60.7 Å². The second kappa shape index (κ2) is 11.0. The number of hydrogen-bond donors (Lipinski definition) is 1. The van der Waals surface area contributed by atoms with Crippen LogP contribution in [-0.4, -0.2) is 16.7 Å². The van der Waals surface area contributed by atoms with Crippen molar-refractivity contribution >= 4 is 11.6 Å². The van der Waals surface area contributed by atoms with Crippen LogP contribution < -0.4 is 9.47 Å². The molecule has 0 unspecified atom stereocenters. The third-order valence-electron chi connectivity index (χ3n) is 5.27. The fourth-order valence-corrected chi connectivity index (χ4v) is 3.44. The molecule has 0 spiro atoms. The molecule has 0 aliphatic carbocycles. The largest absolute Gasteiger partial charge is 0.507 e. The number of ether oxygens (including phenoxy) is 2. The summed E-state index contributed by atoms with van der Waals surface area (Å²) in [5.74, 6) is -0.0347. The molecular weight excluding hydrogens is 428 g/mol. The average molecular weight is 453 g/mol. The first-order valence-electron chi connectivity index (χ1n) is 10.9. The molecule has 170 valence electrons. The van der Waals surface area contributed by atoms with Crippen LogP contribution >= 0.6 is 0 Å². The van der Waals surface area contributed by atoms with Crippen molar-refractivity contribution in [3.05, 3.63) is 125 Å². The van der Waals surface area contributed by atoms with Gasteiger partial charge in [-0.05, 0) is 41.5 Å². The van der Waals surface area contributed by atoms with Gasteiger partial charge in [0.25, 0.3) is 0 Å². The highest BCUT2D eigenvalue weighted by Crippen LogP contribution is 2.31. The Bertz CT molecular complexity index is 1270. The van der Waals surface area contributed by atoms with Crippen molar-refractivity contribution in [2.24, 2.45) is 0 Å². The van der Waals surface area contributed by atoms with Crippen molar-refractivity contribution in [2.45, 2.75) is 19.6 Å². The van der Waals surface area contributed by atoms with E-state index in [9.17, 15) is 14.7 Å². The molecule has 0 aliphatic heterocycles. The highest BCUT2D eigenvalue weighted by atomic mass is 16.5. The van der Waals surface area contributed by atoms with Gasteiger partial charge in [-0.2, -0.15) is 0 Å². The molecule has 4 aromatic rings. The van der Waals surface area contributed by atoms with Gasteiger partial charge >= 0.3 is 0 Å². The summed E-state index contributed by atoms with van der Waals surface area (Å²) in [6.07, 6.45) is -0.361. The Morgan fingerprint density at radius 3 is 1.79 bits per heavy atom. The molecule has 0 saturated carbocycles. The Labute approximate surface area is 198 Å². The van der Waals surface area contributed by atoms with Crippen LogP contribution in [0.15, 0.2) is 103 Å². The highest BCUT2D eigenvalue weighted by molar-refractivity contribution is 6.14. The molecule has 0 aromatic heterocycles. The SMILES string of the molecule is O=C(CC(=O)c1ccccc1O)c1ccc(OCc2ccccc2)c(OCc2ccccc2)c1. The van der Waals surface area contributed by atoms with E-state index in [0.29, 0.717) is 30.3 Å². The molecule has 0 heterocycles. The van der Waals surface area contributed by atoms with Crippen LogP contribution in [0.2, 0.25) is 0 Å². The van der Waals surface area contributed by atoms with Crippen molar-refractivity contribution in [1.29, 1.82) is 0 Å². The van der Waals surface area contributed by atoms with E-state index >= 15 is 0 Å². The molecule has 0 fully saturated rings. The van der Waals surface area contributed by atoms with Gasteiger partial charge in [0.1, 0.15) is 19.0 Å². The van der Waals surface area contributed by atoms with Gasteiger partial charge in [0.2, 0.25) is 0 Å². The van der Waals surface area contributed by atoms with Gasteiger partial charge < -0.3 is 14.6 Å². The monoisotopic (exact) mass is 452 g/mol. The van der Waals surface area contributed by atoms with Crippen LogP contribution in [0.3, 0.4) is 0 Å². The first kappa shape index (κ1) is 22.8. The topological polar surface area (TPSA) is 72.8 Å². The first-order chi connectivity index (χ1) is 16.6. The maximum absolute atomic E-state index is 12.9. The molecule has 34 heavy (non-hydrogen) atoms. The molecule has 0 amide bonds. The van der Waals surface area contributed by atoms with Gasteiger partial charge in [-0.3, -0.25) is 9.59 Å². The highest BCUT2D eigenvalue weighted by Gasteiger charge is 2.18. The number of hydrogen-bond acceptors (Lipinski definition) is 5. The summed E-state index contributed by atoms with van der Waals surface area (Å²) in [4.78, 5) is 25.4. The molecule has 0 saturated heterocycles. The Hall–Kier alpha value is -4.38. The Morgan fingerprint density at radius 1 is 0.618 bits per heavy atom. The van der Waals surface area contributed by atoms with Crippen molar-refractivity contribution in [2.75, 3.05) is 0 Å². The lowest BCUT2D eigenvalue weighted by molar-refractivity contribution is 0.0892. The number of ketones is 2. The van der Waals surface area contributed by atoms with E-state index in [4.69, 9.17) is 9.47 Å². The van der Waals surface area contributed by atoms with E-state index in [1.54, 1.807) is 30.3 Å². The zero-order chi connectivity index (χ0) is 23.8. The minimum Gasteiger partial charge on any atom is -0.507 e. The number of aromatic hydroxyl groups is 1. The van der Waals surface area contributed by atoms with Gasteiger partial charge in [0.05, 0.1) is 12.0 Å². The van der Waals surface area contributed by atoms with Crippen LogP contribution in [0.1, 0.15) is 38.3 Å². The maximum Gasteiger partial charge on any atom is 0.174 e. The molecule has 5 heteroatoms. The normalized spacial score (nSPS) is 10.5. The fourth-order valence-electron chi connectivity index (χ4n) is 3.44. The van der Waals surface area contributed by atoms with E-state index in [2.05, 4.69) is 0 Å². The summed E-state index contributed by atoms with van der Waals surface area (Å²) in [5, 5.41) is 9.91. The maximum atomic E-state index is 12.9. The summed E-state index contributed by atoms with van der Waals surface area (Å²) in [7, 11) is 0. The Morgan fingerprint density at radius 2 is 1.18 bits per heavy atom. The molecule has 0 radical (unpaired) electrons. The summed E-state index contributed by atoms with van der Waals surface area (Å²) < 4.78 is 12.0. The molecule has 4 rings (SSSR count). The minimum absolute atomic E-state index is 0.124. The average Bonchev–Trinajstić information content (AvgIpc) is 2.88. The van der Waals surface area contributed by atoms with Crippen molar-refractivity contribution in [3.63, 3.8) is 0 Å². The number of benzene rings is 4. The van der Waals surface area contributed by atoms with Gasteiger partial charge in [-0.1, -0.05) is 72.8 Å². The molecule has 1 N–H and O–H groups in total. The zero-order valence-corrected chi connectivity index (χ0v) is 18.5. The third kappa shape index (κ3) is 5.90. The molecule has 0 bridgehead atoms.